The second kappa shape index (κ2) is 8.28. The minimum Gasteiger partial charge on any atom is -0.493 e. The number of amides is 1. The molecule has 0 bridgehead atoms. The predicted molar refractivity (Wildman–Crippen MR) is 106 cm³/mol. The molecule has 2 aromatic carbocycles. The third-order valence-electron chi connectivity index (χ3n) is 4.80. The van der Waals surface area contributed by atoms with Crippen molar-refractivity contribution in [3.63, 3.8) is 0 Å². The Kier molecular flexibility index (Phi) is 6.02. The van der Waals surface area contributed by atoms with Crippen LogP contribution in [0, 0.1) is 0 Å². The zero-order chi connectivity index (χ0) is 19.6. The Morgan fingerprint density at radius 3 is 2.22 bits per heavy atom. The Balaban J connectivity index is 1.81. The molecular formula is C20H21Cl2NO4. The number of ether oxygens (including phenoxy) is 3. The van der Waals surface area contributed by atoms with Crippen molar-refractivity contribution in [2.75, 3.05) is 34.4 Å². The Morgan fingerprint density at radius 1 is 1.00 bits per heavy atom. The molecule has 3 rings (SSSR count). The molecule has 1 fully saturated rings. The third-order valence-corrected chi connectivity index (χ3v) is 5.54. The normalized spacial score (nSPS) is 16.3. The molecule has 5 nitrogen and oxygen atoms in total. The number of hydrogen-bond acceptors (Lipinski definition) is 4. The quantitative estimate of drug-likeness (QED) is 0.720. The molecule has 144 valence electrons. The van der Waals surface area contributed by atoms with Gasteiger partial charge in [0.15, 0.2) is 11.5 Å². The lowest BCUT2D eigenvalue weighted by molar-refractivity contribution is 0.0790. The molecule has 2 aromatic rings. The molecule has 1 atom stereocenters. The summed E-state index contributed by atoms with van der Waals surface area (Å²) in [7, 11) is 4.59. The van der Waals surface area contributed by atoms with E-state index in [2.05, 4.69) is 0 Å². The van der Waals surface area contributed by atoms with E-state index in [0.29, 0.717) is 45.9 Å². The predicted octanol–water partition coefficient (Wildman–Crippen LogP) is 4.65. The van der Waals surface area contributed by atoms with Crippen molar-refractivity contribution in [3.8, 4) is 17.2 Å². The van der Waals surface area contributed by atoms with Crippen LogP contribution in [0.2, 0.25) is 10.0 Å². The summed E-state index contributed by atoms with van der Waals surface area (Å²) in [5, 5.41) is 1.06. The Labute approximate surface area is 168 Å². The Hall–Kier alpha value is -2.11. The number of carbonyl (C=O) groups is 1. The summed E-state index contributed by atoms with van der Waals surface area (Å²) in [6, 6.07) is 8.99. The molecule has 1 amide bonds. The van der Waals surface area contributed by atoms with Crippen LogP contribution in [0.15, 0.2) is 30.3 Å². The van der Waals surface area contributed by atoms with Crippen molar-refractivity contribution in [2.24, 2.45) is 0 Å². The molecule has 1 heterocycles. The van der Waals surface area contributed by atoms with Crippen molar-refractivity contribution < 1.29 is 19.0 Å². The maximum atomic E-state index is 13.0. The smallest absolute Gasteiger partial charge is 0.254 e. The second-order valence-electron chi connectivity index (χ2n) is 6.32. The summed E-state index contributed by atoms with van der Waals surface area (Å²) in [5.74, 6) is 1.54. The van der Waals surface area contributed by atoms with Crippen molar-refractivity contribution in [3.05, 3.63) is 51.5 Å². The molecule has 7 heteroatoms. The first kappa shape index (κ1) is 19.6. The topological polar surface area (TPSA) is 48.0 Å². The molecule has 1 unspecified atom stereocenters. The molecule has 1 aliphatic rings. The summed E-state index contributed by atoms with van der Waals surface area (Å²) in [4.78, 5) is 14.8. The van der Waals surface area contributed by atoms with E-state index in [4.69, 9.17) is 37.4 Å². The van der Waals surface area contributed by atoms with Gasteiger partial charge >= 0.3 is 0 Å². The van der Waals surface area contributed by atoms with Gasteiger partial charge < -0.3 is 19.1 Å². The second-order valence-corrected chi connectivity index (χ2v) is 7.14. The van der Waals surface area contributed by atoms with Crippen LogP contribution in [0.4, 0.5) is 0 Å². The number of benzene rings is 2. The van der Waals surface area contributed by atoms with Crippen LogP contribution >= 0.6 is 23.2 Å². The van der Waals surface area contributed by atoms with Crippen molar-refractivity contribution in [1.29, 1.82) is 0 Å². The van der Waals surface area contributed by atoms with Crippen LogP contribution in [-0.2, 0) is 0 Å². The van der Waals surface area contributed by atoms with Gasteiger partial charge in [-0.25, -0.2) is 0 Å². The minimum absolute atomic E-state index is 0.0724. The van der Waals surface area contributed by atoms with Gasteiger partial charge in [-0.15, -0.1) is 0 Å². The fourth-order valence-corrected chi connectivity index (χ4v) is 3.68. The van der Waals surface area contributed by atoms with E-state index < -0.39 is 0 Å². The molecule has 1 saturated heterocycles. The molecule has 27 heavy (non-hydrogen) atoms. The van der Waals surface area contributed by atoms with E-state index >= 15 is 0 Å². The number of likely N-dealkylation sites (tertiary alicyclic amines) is 1. The lowest BCUT2D eigenvalue weighted by atomic mass is 9.99. The van der Waals surface area contributed by atoms with E-state index in [9.17, 15) is 4.79 Å². The van der Waals surface area contributed by atoms with Crippen LogP contribution in [0.1, 0.15) is 28.3 Å². The van der Waals surface area contributed by atoms with Gasteiger partial charge in [-0.05, 0) is 36.2 Å². The highest BCUT2D eigenvalue weighted by Crippen LogP contribution is 2.39. The summed E-state index contributed by atoms with van der Waals surface area (Å²) >= 11 is 12.1. The molecule has 0 aliphatic carbocycles. The van der Waals surface area contributed by atoms with Gasteiger partial charge in [-0.2, -0.15) is 0 Å². The van der Waals surface area contributed by atoms with Crippen LogP contribution in [0.25, 0.3) is 0 Å². The summed E-state index contributed by atoms with van der Waals surface area (Å²) in [6.07, 6.45) is 0.869. The highest BCUT2D eigenvalue weighted by atomic mass is 35.5. The SMILES string of the molecule is COc1cc(C(=O)N2CCC(c3ccc(Cl)c(Cl)c3)C2)cc(OC)c1OC. The monoisotopic (exact) mass is 409 g/mol. The average Bonchev–Trinajstić information content (AvgIpc) is 3.18. The Morgan fingerprint density at radius 2 is 1.67 bits per heavy atom. The number of halogens is 2. The van der Waals surface area contributed by atoms with Gasteiger partial charge in [0, 0.05) is 24.6 Å². The van der Waals surface area contributed by atoms with Gasteiger partial charge in [-0.3, -0.25) is 4.79 Å². The standard InChI is InChI=1S/C20H21Cl2NO4/c1-25-17-9-14(10-18(26-2)19(17)27-3)20(24)23-7-6-13(11-23)12-4-5-15(21)16(22)8-12/h4-5,8-10,13H,6-7,11H2,1-3H3. The van der Waals surface area contributed by atoms with E-state index in [1.165, 1.54) is 21.3 Å². The molecule has 0 spiro atoms. The Bertz CT molecular complexity index is 831. The van der Waals surface area contributed by atoms with Crippen molar-refractivity contribution >= 4 is 29.1 Å². The van der Waals surface area contributed by atoms with Gasteiger partial charge in [0.2, 0.25) is 5.75 Å². The lowest BCUT2D eigenvalue weighted by Gasteiger charge is -2.19. The van der Waals surface area contributed by atoms with Crippen LogP contribution in [-0.4, -0.2) is 45.2 Å². The van der Waals surface area contributed by atoms with Gasteiger partial charge in [0.05, 0.1) is 31.4 Å². The minimum atomic E-state index is -0.0724. The first-order chi connectivity index (χ1) is 13.0. The van der Waals surface area contributed by atoms with Gasteiger partial charge in [-0.1, -0.05) is 29.3 Å². The largest absolute Gasteiger partial charge is 0.493 e. The van der Waals surface area contributed by atoms with E-state index in [1.54, 1.807) is 18.2 Å². The molecule has 1 aliphatic heterocycles. The molecule has 0 aromatic heterocycles. The summed E-state index contributed by atoms with van der Waals surface area (Å²) in [5.41, 5.74) is 1.59. The number of rotatable bonds is 5. The third kappa shape index (κ3) is 3.94. The fourth-order valence-electron chi connectivity index (χ4n) is 3.37. The molecule has 0 N–H and O–H groups in total. The maximum absolute atomic E-state index is 13.0. The maximum Gasteiger partial charge on any atom is 0.254 e. The lowest BCUT2D eigenvalue weighted by Crippen LogP contribution is -2.28. The molecular weight excluding hydrogens is 389 g/mol. The fraction of sp³-hybridized carbons (Fsp3) is 0.350. The first-order valence-corrected chi connectivity index (χ1v) is 9.28. The van der Waals surface area contributed by atoms with Crippen LogP contribution in [0.5, 0.6) is 17.2 Å². The molecule has 0 radical (unpaired) electrons. The molecule has 0 saturated carbocycles. The number of nitrogens with zero attached hydrogens (tertiary/aromatic N) is 1. The van der Waals surface area contributed by atoms with E-state index in [1.807, 2.05) is 17.0 Å². The average molecular weight is 410 g/mol. The first-order valence-electron chi connectivity index (χ1n) is 8.52. The van der Waals surface area contributed by atoms with Crippen LogP contribution in [0.3, 0.4) is 0 Å². The van der Waals surface area contributed by atoms with Gasteiger partial charge in [0.1, 0.15) is 0 Å². The van der Waals surface area contributed by atoms with E-state index in [0.717, 1.165) is 12.0 Å². The zero-order valence-electron chi connectivity index (χ0n) is 15.4. The zero-order valence-corrected chi connectivity index (χ0v) is 16.9. The van der Waals surface area contributed by atoms with E-state index in [-0.39, 0.29) is 11.8 Å². The summed E-state index contributed by atoms with van der Waals surface area (Å²) < 4.78 is 16.0. The highest BCUT2D eigenvalue weighted by Gasteiger charge is 2.29. The number of methoxy groups -OCH3 is 3. The van der Waals surface area contributed by atoms with Crippen molar-refractivity contribution in [1.82, 2.24) is 4.90 Å². The number of hydrogen-bond donors (Lipinski definition) is 0. The number of carbonyl (C=O) groups excluding carboxylic acids is 1. The summed E-state index contributed by atoms with van der Waals surface area (Å²) in [6.45, 7) is 1.29. The van der Waals surface area contributed by atoms with Gasteiger partial charge in [0.25, 0.3) is 5.91 Å². The highest BCUT2D eigenvalue weighted by molar-refractivity contribution is 6.42. The van der Waals surface area contributed by atoms with Crippen molar-refractivity contribution in [2.45, 2.75) is 12.3 Å². The van der Waals surface area contributed by atoms with Crippen LogP contribution < -0.4 is 14.2 Å².